The van der Waals surface area contributed by atoms with Crippen molar-refractivity contribution in [3.8, 4) is 5.75 Å². The zero-order valence-electron chi connectivity index (χ0n) is 12.6. The predicted molar refractivity (Wildman–Crippen MR) is 80.7 cm³/mol. The van der Waals surface area contributed by atoms with Gasteiger partial charge in [0.15, 0.2) is 17.5 Å². The van der Waals surface area contributed by atoms with Crippen molar-refractivity contribution in [2.45, 2.75) is 39.8 Å². The lowest BCUT2D eigenvalue weighted by Gasteiger charge is -2.16. The Morgan fingerprint density at radius 1 is 1.30 bits per heavy atom. The van der Waals surface area contributed by atoms with Crippen LogP contribution >= 0.6 is 0 Å². The summed E-state index contributed by atoms with van der Waals surface area (Å²) in [7, 11) is 0. The quantitative estimate of drug-likeness (QED) is 0.622. The zero-order chi connectivity index (χ0) is 15.0. The molecular formula is C15H24FN3O. The van der Waals surface area contributed by atoms with Gasteiger partial charge in [0.05, 0.1) is 6.54 Å². The molecule has 0 spiro atoms. The Morgan fingerprint density at radius 3 is 2.60 bits per heavy atom. The van der Waals surface area contributed by atoms with Gasteiger partial charge in [0.25, 0.3) is 0 Å². The van der Waals surface area contributed by atoms with Crippen LogP contribution in [0, 0.1) is 5.82 Å². The molecule has 0 heterocycles. The summed E-state index contributed by atoms with van der Waals surface area (Å²) in [5.41, 5.74) is 0. The molecule has 1 aromatic carbocycles. The predicted octanol–water partition coefficient (Wildman–Crippen LogP) is 2.56. The maximum Gasteiger partial charge on any atom is 0.191 e. The van der Waals surface area contributed by atoms with Gasteiger partial charge in [0, 0.05) is 12.6 Å². The summed E-state index contributed by atoms with van der Waals surface area (Å²) in [6, 6.07) is 6.69. The maximum absolute atomic E-state index is 13.5. The molecule has 1 aromatic rings. The van der Waals surface area contributed by atoms with Crippen LogP contribution in [0.2, 0.25) is 0 Å². The normalized spacial score (nSPS) is 13.2. The number of guanidine groups is 1. The minimum atomic E-state index is -0.351. The van der Waals surface area contributed by atoms with E-state index >= 15 is 0 Å². The first kappa shape index (κ1) is 16.3. The highest BCUT2D eigenvalue weighted by Gasteiger charge is 2.08. The summed E-state index contributed by atoms with van der Waals surface area (Å²) in [5.74, 6) is 0.652. The average Bonchev–Trinajstić information content (AvgIpc) is 2.38. The molecular weight excluding hydrogens is 257 g/mol. The van der Waals surface area contributed by atoms with Crippen molar-refractivity contribution in [2.75, 3.05) is 13.1 Å². The summed E-state index contributed by atoms with van der Waals surface area (Å²) in [5, 5.41) is 6.37. The van der Waals surface area contributed by atoms with Crippen molar-refractivity contribution < 1.29 is 9.13 Å². The summed E-state index contributed by atoms with van der Waals surface area (Å²) < 4.78 is 19.0. The van der Waals surface area contributed by atoms with Gasteiger partial charge in [-0.3, -0.25) is 0 Å². The molecule has 0 saturated heterocycles. The third kappa shape index (κ3) is 5.91. The van der Waals surface area contributed by atoms with Gasteiger partial charge in [-0.1, -0.05) is 12.1 Å². The molecule has 112 valence electrons. The highest BCUT2D eigenvalue weighted by atomic mass is 19.1. The lowest BCUT2D eigenvalue weighted by molar-refractivity contribution is 0.220. The van der Waals surface area contributed by atoms with Gasteiger partial charge >= 0.3 is 0 Å². The number of rotatable bonds is 6. The standard InChI is InChI=1S/C15H24FN3O/c1-5-17-15(19-11(2)3)18-10-12(4)20-14-9-7-6-8-13(14)16/h6-9,11-12H,5,10H2,1-4H3,(H2,17,18,19). The van der Waals surface area contributed by atoms with E-state index in [1.54, 1.807) is 18.2 Å². The van der Waals surface area contributed by atoms with Gasteiger partial charge in [0.2, 0.25) is 0 Å². The number of ether oxygens (including phenoxy) is 1. The highest BCUT2D eigenvalue weighted by Crippen LogP contribution is 2.16. The van der Waals surface area contributed by atoms with Crippen LogP contribution in [0.25, 0.3) is 0 Å². The van der Waals surface area contributed by atoms with Crippen molar-refractivity contribution in [3.05, 3.63) is 30.1 Å². The first-order chi connectivity index (χ1) is 9.52. The Hall–Kier alpha value is -1.78. The Morgan fingerprint density at radius 2 is 2.00 bits per heavy atom. The van der Waals surface area contributed by atoms with Crippen LogP contribution < -0.4 is 15.4 Å². The second-order valence-corrected chi connectivity index (χ2v) is 4.88. The third-order valence-electron chi connectivity index (χ3n) is 2.44. The fourth-order valence-corrected chi connectivity index (χ4v) is 1.61. The Labute approximate surface area is 120 Å². The van der Waals surface area contributed by atoms with Crippen LogP contribution in [-0.2, 0) is 0 Å². The second-order valence-electron chi connectivity index (χ2n) is 4.88. The van der Waals surface area contributed by atoms with Crippen molar-refractivity contribution in [3.63, 3.8) is 0 Å². The highest BCUT2D eigenvalue weighted by molar-refractivity contribution is 5.79. The third-order valence-corrected chi connectivity index (χ3v) is 2.44. The van der Waals surface area contributed by atoms with Gasteiger partial charge in [-0.15, -0.1) is 0 Å². The number of nitrogens with zero attached hydrogens (tertiary/aromatic N) is 1. The first-order valence-electron chi connectivity index (χ1n) is 6.99. The summed E-state index contributed by atoms with van der Waals surface area (Å²) in [6.45, 7) is 9.22. The lowest BCUT2D eigenvalue weighted by Crippen LogP contribution is -2.41. The van der Waals surface area contributed by atoms with E-state index in [0.29, 0.717) is 12.6 Å². The van der Waals surface area contributed by atoms with E-state index < -0.39 is 0 Å². The zero-order valence-corrected chi connectivity index (χ0v) is 12.6. The number of hydrogen-bond donors (Lipinski definition) is 2. The number of hydrogen-bond acceptors (Lipinski definition) is 2. The number of nitrogens with one attached hydrogen (secondary N) is 2. The molecule has 4 nitrogen and oxygen atoms in total. The van der Waals surface area contributed by atoms with Crippen LogP contribution in [0.15, 0.2) is 29.3 Å². The summed E-state index contributed by atoms with van der Waals surface area (Å²) in [4.78, 5) is 4.43. The van der Waals surface area contributed by atoms with Crippen LogP contribution in [-0.4, -0.2) is 31.2 Å². The lowest BCUT2D eigenvalue weighted by atomic mass is 10.3. The molecule has 2 N–H and O–H groups in total. The van der Waals surface area contributed by atoms with Crippen LogP contribution in [0.4, 0.5) is 4.39 Å². The van der Waals surface area contributed by atoms with E-state index in [1.165, 1.54) is 6.07 Å². The Kier molecular flexibility index (Phi) is 6.84. The van der Waals surface area contributed by atoms with Crippen molar-refractivity contribution in [2.24, 2.45) is 4.99 Å². The number of para-hydroxylation sites is 1. The Bertz CT molecular complexity index is 435. The fraction of sp³-hybridized carbons (Fsp3) is 0.533. The molecule has 1 unspecified atom stereocenters. The number of halogens is 1. The maximum atomic E-state index is 13.5. The van der Waals surface area contributed by atoms with E-state index in [4.69, 9.17) is 4.74 Å². The monoisotopic (exact) mass is 281 g/mol. The number of benzene rings is 1. The van der Waals surface area contributed by atoms with E-state index in [9.17, 15) is 4.39 Å². The molecule has 0 fully saturated rings. The van der Waals surface area contributed by atoms with Gasteiger partial charge in [-0.2, -0.15) is 0 Å². The molecule has 5 heteroatoms. The minimum Gasteiger partial charge on any atom is -0.486 e. The van der Waals surface area contributed by atoms with Crippen LogP contribution in [0.5, 0.6) is 5.75 Å². The first-order valence-corrected chi connectivity index (χ1v) is 6.99. The average molecular weight is 281 g/mol. The molecule has 0 aliphatic carbocycles. The largest absolute Gasteiger partial charge is 0.486 e. The molecule has 20 heavy (non-hydrogen) atoms. The van der Waals surface area contributed by atoms with Gasteiger partial charge < -0.3 is 15.4 Å². The minimum absolute atomic E-state index is 0.200. The van der Waals surface area contributed by atoms with Crippen molar-refractivity contribution in [1.82, 2.24) is 10.6 Å². The molecule has 1 atom stereocenters. The molecule has 0 saturated carbocycles. The van der Waals surface area contributed by atoms with E-state index in [2.05, 4.69) is 15.6 Å². The van der Waals surface area contributed by atoms with Crippen molar-refractivity contribution in [1.29, 1.82) is 0 Å². The smallest absolute Gasteiger partial charge is 0.191 e. The van der Waals surface area contributed by atoms with Gasteiger partial charge in [-0.05, 0) is 39.8 Å². The molecule has 0 aliphatic rings. The topological polar surface area (TPSA) is 45.7 Å². The molecule has 0 amide bonds. The fourth-order valence-electron chi connectivity index (χ4n) is 1.61. The van der Waals surface area contributed by atoms with Crippen LogP contribution in [0.1, 0.15) is 27.7 Å². The summed E-state index contributed by atoms with van der Waals surface area (Å²) in [6.07, 6.45) is -0.200. The van der Waals surface area contributed by atoms with Gasteiger partial charge in [-0.25, -0.2) is 9.38 Å². The Balaban J connectivity index is 2.55. The molecule has 0 aliphatic heterocycles. The molecule has 0 radical (unpaired) electrons. The van der Waals surface area contributed by atoms with E-state index in [-0.39, 0.29) is 17.7 Å². The molecule has 1 rings (SSSR count). The number of aliphatic imine (C=N–C) groups is 1. The van der Waals surface area contributed by atoms with Crippen molar-refractivity contribution >= 4 is 5.96 Å². The van der Waals surface area contributed by atoms with Gasteiger partial charge in [0.1, 0.15) is 6.10 Å². The van der Waals surface area contributed by atoms with E-state index in [0.717, 1.165) is 12.5 Å². The molecule has 0 aromatic heterocycles. The van der Waals surface area contributed by atoms with E-state index in [1.807, 2.05) is 27.7 Å². The SMILES string of the molecule is CCNC(=NCC(C)Oc1ccccc1F)NC(C)C. The van der Waals surface area contributed by atoms with Crippen LogP contribution in [0.3, 0.4) is 0 Å². The summed E-state index contributed by atoms with van der Waals surface area (Å²) >= 11 is 0. The second kappa shape index (κ2) is 8.40. The molecule has 0 bridgehead atoms.